The van der Waals surface area contributed by atoms with E-state index in [1.54, 1.807) is 11.8 Å². The van der Waals surface area contributed by atoms with Crippen molar-refractivity contribution in [2.45, 2.75) is 25.0 Å². The van der Waals surface area contributed by atoms with Gasteiger partial charge in [-0.1, -0.05) is 37.3 Å². The Morgan fingerprint density at radius 1 is 1.36 bits per heavy atom. The fourth-order valence-electron chi connectivity index (χ4n) is 1.38. The van der Waals surface area contributed by atoms with Gasteiger partial charge in [0.15, 0.2) is 0 Å². The largest absolute Gasteiger partial charge is 0.298 e. The minimum atomic E-state index is 0.127. The van der Waals surface area contributed by atoms with Crippen molar-refractivity contribution in [3.63, 3.8) is 0 Å². The van der Waals surface area contributed by atoms with Crippen LogP contribution in [-0.4, -0.2) is 17.3 Å². The zero-order valence-corrected chi connectivity index (χ0v) is 9.51. The van der Waals surface area contributed by atoms with Crippen LogP contribution in [0.5, 0.6) is 0 Å². The third-order valence-electron chi connectivity index (χ3n) is 2.26. The van der Waals surface area contributed by atoms with Crippen LogP contribution >= 0.6 is 11.8 Å². The molecular formula is C12H16OS. The second-order valence-electron chi connectivity index (χ2n) is 3.23. The van der Waals surface area contributed by atoms with Crippen molar-refractivity contribution in [3.05, 3.63) is 35.9 Å². The summed E-state index contributed by atoms with van der Waals surface area (Å²) in [5.41, 5.74) is 1.24. The average molecular weight is 208 g/mol. The normalized spacial score (nSPS) is 12.4. The van der Waals surface area contributed by atoms with E-state index >= 15 is 0 Å². The molecule has 1 atom stereocenters. The quantitative estimate of drug-likeness (QED) is 0.740. The summed E-state index contributed by atoms with van der Waals surface area (Å²) in [6.07, 6.45) is 3.49. The summed E-state index contributed by atoms with van der Waals surface area (Å²) in [5, 5.41) is 0.127. The molecule has 0 aromatic heterocycles. The number of carbonyl (C=O) groups is 1. The molecule has 0 aliphatic heterocycles. The fourth-order valence-corrected chi connectivity index (χ4v) is 2.17. The lowest BCUT2D eigenvalue weighted by Crippen LogP contribution is -2.18. The van der Waals surface area contributed by atoms with E-state index in [-0.39, 0.29) is 5.25 Å². The predicted octanol–water partition coefficient (Wildman–Crippen LogP) is 2.94. The van der Waals surface area contributed by atoms with E-state index in [0.29, 0.717) is 12.2 Å². The van der Waals surface area contributed by atoms with Gasteiger partial charge in [-0.05, 0) is 18.2 Å². The maximum absolute atomic E-state index is 11.5. The molecular weight excluding hydrogens is 192 g/mol. The van der Waals surface area contributed by atoms with Crippen LogP contribution in [0.25, 0.3) is 0 Å². The van der Waals surface area contributed by atoms with E-state index in [0.717, 1.165) is 6.42 Å². The molecule has 0 aliphatic carbocycles. The minimum absolute atomic E-state index is 0.127. The first-order chi connectivity index (χ1) is 6.77. The van der Waals surface area contributed by atoms with Crippen LogP contribution in [0.4, 0.5) is 0 Å². The first-order valence-electron chi connectivity index (χ1n) is 4.87. The summed E-state index contributed by atoms with van der Waals surface area (Å²) >= 11 is 1.65. The monoisotopic (exact) mass is 208 g/mol. The zero-order valence-electron chi connectivity index (χ0n) is 8.69. The Bertz CT molecular complexity index is 282. The van der Waals surface area contributed by atoms with Gasteiger partial charge in [-0.3, -0.25) is 4.79 Å². The van der Waals surface area contributed by atoms with Crippen LogP contribution < -0.4 is 0 Å². The highest BCUT2D eigenvalue weighted by molar-refractivity contribution is 7.99. The molecule has 0 saturated carbocycles. The fraction of sp³-hybridized carbons (Fsp3) is 0.417. The molecule has 14 heavy (non-hydrogen) atoms. The molecule has 1 unspecified atom stereocenters. The summed E-state index contributed by atoms with van der Waals surface area (Å²) in [4.78, 5) is 11.5. The molecule has 76 valence electrons. The number of Topliss-reactive ketones (excluding diaryl/α,β-unsaturated/α-hetero) is 1. The highest BCUT2D eigenvalue weighted by Gasteiger charge is 2.15. The van der Waals surface area contributed by atoms with Gasteiger partial charge >= 0.3 is 0 Å². The molecule has 0 radical (unpaired) electrons. The third-order valence-corrected chi connectivity index (χ3v) is 3.25. The van der Waals surface area contributed by atoms with Gasteiger partial charge in [-0.25, -0.2) is 0 Å². The van der Waals surface area contributed by atoms with Gasteiger partial charge in [0.1, 0.15) is 5.78 Å². The van der Waals surface area contributed by atoms with Crippen molar-refractivity contribution in [3.8, 4) is 0 Å². The standard InChI is InChI=1S/C12H16OS/c1-3-11(13)12(14-2)9-10-7-5-4-6-8-10/h4-8,12H,3,9H2,1-2H3. The van der Waals surface area contributed by atoms with Crippen LogP contribution in [0.15, 0.2) is 30.3 Å². The Hall–Kier alpha value is -0.760. The van der Waals surface area contributed by atoms with E-state index in [1.165, 1.54) is 5.56 Å². The van der Waals surface area contributed by atoms with Crippen LogP contribution in [0.2, 0.25) is 0 Å². The number of thioether (sulfide) groups is 1. The van der Waals surface area contributed by atoms with E-state index in [1.807, 2.05) is 31.4 Å². The van der Waals surface area contributed by atoms with Crippen LogP contribution in [0, 0.1) is 0 Å². The molecule has 0 heterocycles. The number of ketones is 1. The van der Waals surface area contributed by atoms with Crippen molar-refractivity contribution >= 4 is 17.5 Å². The van der Waals surface area contributed by atoms with Gasteiger partial charge < -0.3 is 0 Å². The van der Waals surface area contributed by atoms with Gasteiger partial charge in [-0.2, -0.15) is 11.8 Å². The molecule has 1 nitrogen and oxygen atoms in total. The lowest BCUT2D eigenvalue weighted by atomic mass is 10.1. The minimum Gasteiger partial charge on any atom is -0.298 e. The third kappa shape index (κ3) is 3.18. The summed E-state index contributed by atoms with van der Waals surface area (Å²) in [7, 11) is 0. The number of benzene rings is 1. The van der Waals surface area contributed by atoms with Crippen molar-refractivity contribution in [2.75, 3.05) is 6.26 Å². The molecule has 0 amide bonds. The molecule has 2 heteroatoms. The second-order valence-corrected chi connectivity index (χ2v) is 4.27. The maximum Gasteiger partial charge on any atom is 0.145 e. The van der Waals surface area contributed by atoms with Gasteiger partial charge in [0.2, 0.25) is 0 Å². The summed E-state index contributed by atoms with van der Waals surface area (Å²) in [5.74, 6) is 0.348. The van der Waals surface area contributed by atoms with Gasteiger partial charge in [-0.15, -0.1) is 0 Å². The predicted molar refractivity (Wildman–Crippen MR) is 62.7 cm³/mol. The Labute approximate surface area is 89.9 Å². The maximum atomic E-state index is 11.5. The highest BCUT2D eigenvalue weighted by atomic mass is 32.2. The van der Waals surface area contributed by atoms with Crippen LogP contribution in [0.3, 0.4) is 0 Å². The Morgan fingerprint density at radius 2 is 2.00 bits per heavy atom. The molecule has 0 saturated heterocycles. The average Bonchev–Trinajstić information content (AvgIpc) is 2.26. The van der Waals surface area contributed by atoms with Gasteiger partial charge in [0, 0.05) is 6.42 Å². The van der Waals surface area contributed by atoms with Crippen LogP contribution in [-0.2, 0) is 11.2 Å². The Balaban J connectivity index is 2.62. The zero-order chi connectivity index (χ0) is 10.4. The first-order valence-corrected chi connectivity index (χ1v) is 6.16. The van der Waals surface area contributed by atoms with Crippen molar-refractivity contribution in [2.24, 2.45) is 0 Å². The number of hydrogen-bond acceptors (Lipinski definition) is 2. The smallest absolute Gasteiger partial charge is 0.145 e. The van der Waals surface area contributed by atoms with E-state index in [4.69, 9.17) is 0 Å². The Morgan fingerprint density at radius 3 is 2.50 bits per heavy atom. The molecule has 1 aromatic carbocycles. The summed E-state index contributed by atoms with van der Waals surface area (Å²) in [6.45, 7) is 1.93. The molecule has 0 spiro atoms. The first kappa shape index (κ1) is 11.3. The van der Waals surface area contributed by atoms with Crippen molar-refractivity contribution in [1.29, 1.82) is 0 Å². The van der Waals surface area contributed by atoms with E-state index in [9.17, 15) is 4.79 Å². The summed E-state index contributed by atoms with van der Waals surface area (Å²) in [6, 6.07) is 10.2. The van der Waals surface area contributed by atoms with Crippen LogP contribution in [0.1, 0.15) is 18.9 Å². The SMILES string of the molecule is CCC(=O)C(Cc1ccccc1)SC. The lowest BCUT2D eigenvalue weighted by molar-refractivity contribution is -0.118. The number of hydrogen-bond donors (Lipinski definition) is 0. The molecule has 1 rings (SSSR count). The van der Waals surface area contributed by atoms with E-state index < -0.39 is 0 Å². The van der Waals surface area contributed by atoms with Gasteiger partial charge in [0.25, 0.3) is 0 Å². The molecule has 0 bridgehead atoms. The highest BCUT2D eigenvalue weighted by Crippen LogP contribution is 2.15. The van der Waals surface area contributed by atoms with E-state index in [2.05, 4.69) is 12.1 Å². The molecule has 0 fully saturated rings. The lowest BCUT2D eigenvalue weighted by Gasteiger charge is -2.11. The second kappa shape index (κ2) is 5.86. The van der Waals surface area contributed by atoms with Crippen molar-refractivity contribution in [1.82, 2.24) is 0 Å². The summed E-state index contributed by atoms with van der Waals surface area (Å²) < 4.78 is 0. The molecule has 1 aromatic rings. The number of carbonyl (C=O) groups excluding carboxylic acids is 1. The van der Waals surface area contributed by atoms with Crippen molar-refractivity contribution < 1.29 is 4.79 Å². The number of rotatable bonds is 5. The molecule has 0 aliphatic rings. The topological polar surface area (TPSA) is 17.1 Å². The molecule has 0 N–H and O–H groups in total. The Kier molecular flexibility index (Phi) is 4.74. The van der Waals surface area contributed by atoms with Gasteiger partial charge in [0.05, 0.1) is 5.25 Å².